The van der Waals surface area contributed by atoms with Gasteiger partial charge in [0, 0.05) is 13.1 Å². The minimum absolute atomic E-state index is 0.545. The Morgan fingerprint density at radius 1 is 1.37 bits per heavy atom. The van der Waals surface area contributed by atoms with Gasteiger partial charge in [-0.15, -0.1) is 0 Å². The maximum atomic E-state index is 6.27. The Balaban J connectivity index is 2.43. The molecule has 0 aliphatic heterocycles. The summed E-state index contributed by atoms with van der Waals surface area (Å²) in [5, 5.41) is 0. The average molecular weight is 261 g/mol. The minimum Gasteiger partial charge on any atom is -0.383 e. The summed E-state index contributed by atoms with van der Waals surface area (Å²) in [4.78, 5) is 8.84. The van der Waals surface area contributed by atoms with Crippen LogP contribution in [0.15, 0.2) is 12.5 Å². The second-order valence-electron chi connectivity index (χ2n) is 5.37. The van der Waals surface area contributed by atoms with Crippen molar-refractivity contribution in [3.63, 3.8) is 0 Å². The highest BCUT2D eigenvalue weighted by atomic mass is 15.2. The van der Waals surface area contributed by atoms with Crippen LogP contribution in [0.1, 0.15) is 33.0 Å². The summed E-state index contributed by atoms with van der Waals surface area (Å²) in [5.41, 5.74) is 8.12. The number of anilines is 1. The van der Waals surface area contributed by atoms with Crippen LogP contribution in [0.25, 0.3) is 11.4 Å². The first-order chi connectivity index (χ1) is 9.04. The third-order valence-corrected chi connectivity index (χ3v) is 3.16. The molecular formula is C14H23N5. The highest BCUT2D eigenvalue weighted by molar-refractivity contribution is 5.68. The van der Waals surface area contributed by atoms with E-state index in [1.54, 1.807) is 0 Å². The number of hydrogen-bond acceptors (Lipinski definition) is 3. The lowest BCUT2D eigenvalue weighted by Crippen LogP contribution is -2.09. The molecule has 0 unspecified atom stereocenters. The topological polar surface area (TPSA) is 61.7 Å². The molecule has 0 aromatic carbocycles. The van der Waals surface area contributed by atoms with Crippen LogP contribution in [0.4, 0.5) is 5.82 Å². The number of hydrogen-bond donors (Lipinski definition) is 1. The van der Waals surface area contributed by atoms with Gasteiger partial charge in [-0.25, -0.2) is 9.97 Å². The van der Waals surface area contributed by atoms with E-state index in [0.29, 0.717) is 5.92 Å². The Morgan fingerprint density at radius 3 is 2.74 bits per heavy atom. The number of rotatable bonds is 5. The van der Waals surface area contributed by atoms with Crippen LogP contribution in [0.5, 0.6) is 0 Å². The van der Waals surface area contributed by atoms with E-state index >= 15 is 0 Å². The first-order valence-electron chi connectivity index (χ1n) is 6.87. The van der Waals surface area contributed by atoms with E-state index in [2.05, 4.69) is 39.9 Å². The number of aryl methyl sites for hydroxylation is 2. The fourth-order valence-electron chi connectivity index (χ4n) is 2.30. The van der Waals surface area contributed by atoms with Gasteiger partial charge in [0.2, 0.25) is 0 Å². The molecule has 2 N–H and O–H groups in total. The first kappa shape index (κ1) is 13.6. The third kappa shape index (κ3) is 2.64. The molecule has 0 atom stereocenters. The standard InChI is InChI=1S/C14H23N5/c1-5-6-18-9-16-7-12(18)13-14(15)19(8-10(2)3)11(4)17-13/h7,9-10H,5-6,8,15H2,1-4H3. The summed E-state index contributed by atoms with van der Waals surface area (Å²) in [6, 6.07) is 0. The van der Waals surface area contributed by atoms with E-state index in [1.807, 2.05) is 19.4 Å². The van der Waals surface area contributed by atoms with Gasteiger partial charge in [0.1, 0.15) is 17.3 Å². The molecule has 104 valence electrons. The molecule has 2 aromatic rings. The van der Waals surface area contributed by atoms with Crippen LogP contribution in [0.3, 0.4) is 0 Å². The number of nitrogens with two attached hydrogens (primary N) is 1. The number of nitrogen functional groups attached to an aromatic ring is 1. The highest BCUT2D eigenvalue weighted by Crippen LogP contribution is 2.26. The predicted molar refractivity (Wildman–Crippen MR) is 77.7 cm³/mol. The summed E-state index contributed by atoms with van der Waals surface area (Å²) < 4.78 is 4.20. The lowest BCUT2D eigenvalue weighted by atomic mass is 10.2. The number of aromatic nitrogens is 4. The lowest BCUT2D eigenvalue weighted by Gasteiger charge is -2.10. The van der Waals surface area contributed by atoms with Crippen molar-refractivity contribution in [2.45, 2.75) is 47.2 Å². The van der Waals surface area contributed by atoms with E-state index in [9.17, 15) is 0 Å². The minimum atomic E-state index is 0.545. The lowest BCUT2D eigenvalue weighted by molar-refractivity contribution is 0.518. The van der Waals surface area contributed by atoms with Crippen LogP contribution in [-0.4, -0.2) is 19.1 Å². The van der Waals surface area contributed by atoms with E-state index in [-0.39, 0.29) is 0 Å². The van der Waals surface area contributed by atoms with Gasteiger partial charge in [-0.3, -0.25) is 0 Å². The molecule has 0 radical (unpaired) electrons. The summed E-state index contributed by atoms with van der Waals surface area (Å²) in [6.45, 7) is 10.3. The predicted octanol–water partition coefficient (Wildman–Crippen LogP) is 2.70. The summed E-state index contributed by atoms with van der Waals surface area (Å²) >= 11 is 0. The molecule has 0 aliphatic carbocycles. The smallest absolute Gasteiger partial charge is 0.133 e. The molecule has 0 bridgehead atoms. The number of imidazole rings is 2. The van der Waals surface area contributed by atoms with Crippen LogP contribution >= 0.6 is 0 Å². The molecule has 5 nitrogen and oxygen atoms in total. The molecule has 2 aromatic heterocycles. The molecule has 0 fully saturated rings. The van der Waals surface area contributed by atoms with Gasteiger partial charge in [-0.1, -0.05) is 20.8 Å². The fraction of sp³-hybridized carbons (Fsp3) is 0.571. The van der Waals surface area contributed by atoms with Crippen molar-refractivity contribution in [2.75, 3.05) is 5.73 Å². The van der Waals surface area contributed by atoms with Crippen molar-refractivity contribution in [3.05, 3.63) is 18.3 Å². The van der Waals surface area contributed by atoms with Gasteiger partial charge >= 0.3 is 0 Å². The van der Waals surface area contributed by atoms with Crippen molar-refractivity contribution in [1.29, 1.82) is 0 Å². The molecule has 0 aliphatic rings. The van der Waals surface area contributed by atoms with Gasteiger partial charge in [-0.2, -0.15) is 0 Å². The first-order valence-corrected chi connectivity index (χ1v) is 6.87. The second-order valence-corrected chi connectivity index (χ2v) is 5.37. The Kier molecular flexibility index (Phi) is 3.93. The summed E-state index contributed by atoms with van der Waals surface area (Å²) in [6.07, 6.45) is 4.75. The third-order valence-electron chi connectivity index (χ3n) is 3.16. The molecule has 0 amide bonds. The monoisotopic (exact) mass is 261 g/mol. The van der Waals surface area contributed by atoms with Crippen LogP contribution in [0, 0.1) is 12.8 Å². The maximum absolute atomic E-state index is 6.27. The molecule has 5 heteroatoms. The maximum Gasteiger partial charge on any atom is 0.133 e. The SMILES string of the molecule is CCCn1cncc1-c1nc(C)n(CC(C)C)c1N. The molecule has 19 heavy (non-hydrogen) atoms. The van der Waals surface area contributed by atoms with Gasteiger partial charge in [0.15, 0.2) is 0 Å². The molecule has 0 spiro atoms. The zero-order valence-corrected chi connectivity index (χ0v) is 12.2. The molecule has 0 saturated heterocycles. The van der Waals surface area contributed by atoms with Gasteiger partial charge < -0.3 is 14.9 Å². The van der Waals surface area contributed by atoms with Gasteiger partial charge in [0.05, 0.1) is 18.2 Å². The Morgan fingerprint density at radius 2 is 2.11 bits per heavy atom. The van der Waals surface area contributed by atoms with Crippen molar-refractivity contribution < 1.29 is 0 Å². The zero-order valence-electron chi connectivity index (χ0n) is 12.2. The van der Waals surface area contributed by atoms with Gasteiger partial charge in [-0.05, 0) is 19.3 Å². The summed E-state index contributed by atoms with van der Waals surface area (Å²) in [7, 11) is 0. The van der Waals surface area contributed by atoms with Crippen molar-refractivity contribution in [2.24, 2.45) is 5.92 Å². The molecule has 2 rings (SSSR count). The number of nitrogens with zero attached hydrogens (tertiary/aromatic N) is 4. The second kappa shape index (κ2) is 5.47. The van der Waals surface area contributed by atoms with Crippen molar-refractivity contribution in [3.8, 4) is 11.4 Å². The Labute approximate surface area is 114 Å². The van der Waals surface area contributed by atoms with Crippen LogP contribution in [-0.2, 0) is 13.1 Å². The Bertz CT molecular complexity index is 550. The quantitative estimate of drug-likeness (QED) is 0.900. The fourth-order valence-corrected chi connectivity index (χ4v) is 2.30. The Hall–Kier alpha value is -1.78. The van der Waals surface area contributed by atoms with E-state index in [0.717, 1.165) is 42.5 Å². The normalized spacial score (nSPS) is 11.4. The van der Waals surface area contributed by atoms with E-state index in [1.165, 1.54) is 0 Å². The van der Waals surface area contributed by atoms with E-state index in [4.69, 9.17) is 5.73 Å². The van der Waals surface area contributed by atoms with Gasteiger partial charge in [0.25, 0.3) is 0 Å². The van der Waals surface area contributed by atoms with Crippen LogP contribution < -0.4 is 5.73 Å². The molecule has 0 saturated carbocycles. The van der Waals surface area contributed by atoms with Crippen molar-refractivity contribution in [1.82, 2.24) is 19.1 Å². The van der Waals surface area contributed by atoms with E-state index < -0.39 is 0 Å². The zero-order chi connectivity index (χ0) is 14.0. The van der Waals surface area contributed by atoms with Crippen LogP contribution in [0.2, 0.25) is 0 Å². The molecule has 2 heterocycles. The average Bonchev–Trinajstić information content (AvgIpc) is 2.89. The largest absolute Gasteiger partial charge is 0.383 e. The van der Waals surface area contributed by atoms with Crippen molar-refractivity contribution >= 4 is 5.82 Å². The highest BCUT2D eigenvalue weighted by Gasteiger charge is 2.17. The summed E-state index contributed by atoms with van der Waals surface area (Å²) in [5.74, 6) is 2.25. The molecular weight excluding hydrogens is 238 g/mol.